The molecule has 1 saturated carbocycles. The molecule has 82 valence electrons. The fourth-order valence-corrected chi connectivity index (χ4v) is 2.46. The zero-order chi connectivity index (χ0) is 10.4. The van der Waals surface area contributed by atoms with E-state index in [1.54, 1.807) is 0 Å². The molecular weight excluding hydrogens is 172 g/mol. The van der Waals surface area contributed by atoms with Crippen molar-refractivity contribution in [2.45, 2.75) is 44.9 Å². The van der Waals surface area contributed by atoms with E-state index >= 15 is 0 Å². The predicted octanol–water partition coefficient (Wildman–Crippen LogP) is 2.94. The molecule has 1 fully saturated rings. The van der Waals surface area contributed by atoms with Crippen molar-refractivity contribution in [2.24, 2.45) is 10.9 Å². The van der Waals surface area contributed by atoms with Gasteiger partial charge >= 0.3 is 0 Å². The molecule has 1 aliphatic carbocycles. The van der Waals surface area contributed by atoms with Crippen molar-refractivity contribution in [3.63, 3.8) is 0 Å². The molecule has 0 spiro atoms. The first kappa shape index (κ1) is 11.5. The van der Waals surface area contributed by atoms with E-state index in [9.17, 15) is 0 Å². The van der Waals surface area contributed by atoms with Crippen LogP contribution in [-0.4, -0.2) is 31.9 Å². The molecule has 0 unspecified atom stereocenters. The fraction of sp³-hybridized carbons (Fsp3) is 0.917. The molecule has 0 radical (unpaired) electrons. The van der Waals surface area contributed by atoms with Gasteiger partial charge in [0.2, 0.25) is 0 Å². The maximum Gasteiger partial charge on any atom is 0.101 e. The van der Waals surface area contributed by atoms with Crippen molar-refractivity contribution < 1.29 is 0 Å². The van der Waals surface area contributed by atoms with Crippen LogP contribution < -0.4 is 0 Å². The van der Waals surface area contributed by atoms with Crippen LogP contribution in [0.5, 0.6) is 0 Å². The van der Waals surface area contributed by atoms with Crippen LogP contribution in [0.15, 0.2) is 4.99 Å². The Balaban J connectivity index is 2.54. The molecule has 0 heterocycles. The summed E-state index contributed by atoms with van der Waals surface area (Å²) in [4.78, 5) is 6.61. The van der Waals surface area contributed by atoms with Gasteiger partial charge in [0.05, 0.1) is 0 Å². The molecule has 0 aliphatic heterocycles. The highest BCUT2D eigenvalue weighted by Gasteiger charge is 2.17. The van der Waals surface area contributed by atoms with Crippen LogP contribution in [0.3, 0.4) is 0 Å². The van der Waals surface area contributed by atoms with Gasteiger partial charge in [0.25, 0.3) is 0 Å². The summed E-state index contributed by atoms with van der Waals surface area (Å²) in [5.41, 5.74) is 0. The lowest BCUT2D eigenvalue weighted by atomic mass is 9.90. The second kappa shape index (κ2) is 6.05. The van der Waals surface area contributed by atoms with Crippen LogP contribution >= 0.6 is 0 Å². The first-order valence-electron chi connectivity index (χ1n) is 5.89. The average Bonchev–Trinajstić information content (AvgIpc) is 2.08. The molecule has 0 aromatic heterocycles. The molecule has 2 heteroatoms. The fourth-order valence-electron chi connectivity index (χ4n) is 2.46. The lowest BCUT2D eigenvalue weighted by molar-refractivity contribution is 0.422. The van der Waals surface area contributed by atoms with Crippen molar-refractivity contribution in [1.82, 2.24) is 4.90 Å². The van der Waals surface area contributed by atoms with E-state index in [0.29, 0.717) is 0 Å². The number of aliphatic imine (C=N–C) groups is 1. The molecule has 0 aromatic rings. The summed E-state index contributed by atoms with van der Waals surface area (Å²) < 4.78 is 0. The van der Waals surface area contributed by atoms with E-state index in [4.69, 9.17) is 0 Å². The van der Waals surface area contributed by atoms with Crippen molar-refractivity contribution in [3.8, 4) is 0 Å². The standard InChI is InChI=1S/C12H24N2/c1-13-12(14(2)3)11-9-7-5-4-6-8-10-11/h11H,4-10H2,1-3H3. The number of hydrogen-bond acceptors (Lipinski definition) is 1. The molecular formula is C12H24N2. The Labute approximate surface area is 88.4 Å². The molecule has 0 bridgehead atoms. The Morgan fingerprint density at radius 1 is 1.00 bits per heavy atom. The van der Waals surface area contributed by atoms with E-state index in [1.807, 2.05) is 7.05 Å². The van der Waals surface area contributed by atoms with Gasteiger partial charge in [0.1, 0.15) is 5.84 Å². The maximum absolute atomic E-state index is 4.43. The van der Waals surface area contributed by atoms with Gasteiger partial charge in [-0.2, -0.15) is 0 Å². The summed E-state index contributed by atoms with van der Waals surface area (Å²) >= 11 is 0. The summed E-state index contributed by atoms with van der Waals surface area (Å²) in [6.07, 6.45) is 9.72. The highest BCUT2D eigenvalue weighted by Crippen LogP contribution is 2.23. The normalized spacial score (nSPS) is 21.5. The summed E-state index contributed by atoms with van der Waals surface area (Å²) in [6, 6.07) is 0. The smallest absolute Gasteiger partial charge is 0.101 e. The van der Waals surface area contributed by atoms with Crippen LogP contribution in [0.4, 0.5) is 0 Å². The molecule has 1 aliphatic rings. The van der Waals surface area contributed by atoms with Crippen LogP contribution in [0.2, 0.25) is 0 Å². The van der Waals surface area contributed by atoms with Gasteiger partial charge in [-0.1, -0.05) is 32.1 Å². The third kappa shape index (κ3) is 3.32. The van der Waals surface area contributed by atoms with Crippen LogP contribution in [0.25, 0.3) is 0 Å². The van der Waals surface area contributed by atoms with E-state index < -0.39 is 0 Å². The second-order valence-corrected chi connectivity index (χ2v) is 4.52. The van der Waals surface area contributed by atoms with Gasteiger partial charge < -0.3 is 4.90 Å². The van der Waals surface area contributed by atoms with Crippen molar-refractivity contribution in [1.29, 1.82) is 0 Å². The lowest BCUT2D eigenvalue weighted by Gasteiger charge is -2.26. The zero-order valence-electron chi connectivity index (χ0n) is 9.92. The SMILES string of the molecule is CN=C(C1CCCCCCC1)N(C)C. The van der Waals surface area contributed by atoms with Crippen molar-refractivity contribution >= 4 is 5.84 Å². The Morgan fingerprint density at radius 3 is 1.93 bits per heavy atom. The first-order chi connectivity index (χ1) is 6.75. The van der Waals surface area contributed by atoms with Crippen LogP contribution in [0, 0.1) is 5.92 Å². The molecule has 1 rings (SSSR count). The average molecular weight is 196 g/mol. The molecule has 2 nitrogen and oxygen atoms in total. The van der Waals surface area contributed by atoms with Gasteiger partial charge in [0, 0.05) is 27.1 Å². The van der Waals surface area contributed by atoms with E-state index in [2.05, 4.69) is 24.0 Å². The summed E-state index contributed by atoms with van der Waals surface area (Å²) in [5.74, 6) is 2.02. The number of nitrogens with zero attached hydrogens (tertiary/aromatic N) is 2. The van der Waals surface area contributed by atoms with E-state index in [1.165, 1.54) is 50.8 Å². The third-order valence-corrected chi connectivity index (χ3v) is 3.16. The molecule has 14 heavy (non-hydrogen) atoms. The highest BCUT2D eigenvalue weighted by molar-refractivity contribution is 5.84. The highest BCUT2D eigenvalue weighted by atomic mass is 15.1. The van der Waals surface area contributed by atoms with Crippen molar-refractivity contribution in [3.05, 3.63) is 0 Å². The molecule has 0 aromatic carbocycles. The largest absolute Gasteiger partial charge is 0.366 e. The summed E-state index contributed by atoms with van der Waals surface area (Å²) in [6.45, 7) is 0. The minimum atomic E-state index is 0.718. The Kier molecular flexibility index (Phi) is 4.99. The van der Waals surface area contributed by atoms with Gasteiger partial charge in [-0.25, -0.2) is 0 Å². The van der Waals surface area contributed by atoms with Crippen LogP contribution in [0.1, 0.15) is 44.9 Å². The molecule has 0 saturated heterocycles. The van der Waals surface area contributed by atoms with Crippen molar-refractivity contribution in [2.75, 3.05) is 21.1 Å². The Morgan fingerprint density at radius 2 is 1.50 bits per heavy atom. The zero-order valence-corrected chi connectivity index (χ0v) is 9.92. The minimum absolute atomic E-state index is 0.718. The topological polar surface area (TPSA) is 15.6 Å². The molecule has 0 atom stereocenters. The number of amidine groups is 1. The van der Waals surface area contributed by atoms with Gasteiger partial charge in [0.15, 0.2) is 0 Å². The summed E-state index contributed by atoms with van der Waals surface area (Å²) in [7, 11) is 6.15. The van der Waals surface area contributed by atoms with Gasteiger partial charge in [-0.05, 0) is 12.8 Å². The maximum atomic E-state index is 4.43. The Bertz CT molecular complexity index is 177. The quantitative estimate of drug-likeness (QED) is 0.465. The first-order valence-corrected chi connectivity index (χ1v) is 5.89. The van der Waals surface area contributed by atoms with Gasteiger partial charge in [-0.15, -0.1) is 0 Å². The number of rotatable bonds is 1. The molecule has 0 N–H and O–H groups in total. The summed E-state index contributed by atoms with van der Waals surface area (Å²) in [5, 5.41) is 0. The monoisotopic (exact) mass is 196 g/mol. The van der Waals surface area contributed by atoms with Crippen LogP contribution in [-0.2, 0) is 0 Å². The van der Waals surface area contributed by atoms with E-state index in [-0.39, 0.29) is 0 Å². The second-order valence-electron chi connectivity index (χ2n) is 4.52. The number of hydrogen-bond donors (Lipinski definition) is 0. The third-order valence-electron chi connectivity index (χ3n) is 3.16. The minimum Gasteiger partial charge on any atom is -0.366 e. The molecule has 0 amide bonds. The predicted molar refractivity (Wildman–Crippen MR) is 62.9 cm³/mol. The lowest BCUT2D eigenvalue weighted by Crippen LogP contribution is -2.30. The van der Waals surface area contributed by atoms with E-state index in [0.717, 1.165) is 5.92 Å². The van der Waals surface area contributed by atoms with Gasteiger partial charge in [-0.3, -0.25) is 4.99 Å². The Hall–Kier alpha value is -0.530.